The average Bonchev–Trinajstić information content (AvgIpc) is 3.28. The van der Waals surface area contributed by atoms with Crippen LogP contribution in [0.25, 0.3) is 0 Å². The number of carbonyl (C=O) groups is 1. The molecule has 2 aliphatic rings. The molecule has 1 aromatic carbocycles. The normalized spacial score (nSPS) is 29.6. The second-order valence-corrected chi connectivity index (χ2v) is 5.24. The first kappa shape index (κ1) is 12.2. The smallest absolute Gasteiger partial charge is 0.227 e. The van der Waals surface area contributed by atoms with Crippen LogP contribution in [0.2, 0.25) is 0 Å². The number of benzene rings is 1. The lowest BCUT2D eigenvalue weighted by Gasteiger charge is -2.32. The molecule has 1 saturated carbocycles. The Morgan fingerprint density at radius 2 is 2.16 bits per heavy atom. The highest BCUT2D eigenvalue weighted by Crippen LogP contribution is 2.48. The van der Waals surface area contributed by atoms with Gasteiger partial charge in [-0.2, -0.15) is 5.26 Å². The van der Waals surface area contributed by atoms with Crippen LogP contribution in [-0.4, -0.2) is 36.5 Å². The number of carbonyl (C=O) groups excluding carboxylic acids is 1. The molecule has 1 saturated heterocycles. The highest BCUT2D eigenvalue weighted by molar-refractivity contribution is 5.83. The first-order valence-corrected chi connectivity index (χ1v) is 6.77. The zero-order valence-electron chi connectivity index (χ0n) is 10.7. The number of nitriles is 1. The van der Waals surface area contributed by atoms with E-state index >= 15 is 0 Å². The molecule has 4 heteroatoms. The van der Waals surface area contributed by atoms with E-state index in [0.717, 1.165) is 13.0 Å². The van der Waals surface area contributed by atoms with Crippen molar-refractivity contribution in [1.82, 2.24) is 10.2 Å². The van der Waals surface area contributed by atoms with Crippen molar-refractivity contribution in [3.8, 4) is 6.07 Å². The van der Waals surface area contributed by atoms with Gasteiger partial charge in [0.25, 0.3) is 0 Å². The third-order valence-electron chi connectivity index (χ3n) is 4.01. The van der Waals surface area contributed by atoms with E-state index in [0.29, 0.717) is 19.0 Å². The van der Waals surface area contributed by atoms with Gasteiger partial charge in [0.2, 0.25) is 5.91 Å². The Balaban J connectivity index is 1.68. The zero-order valence-corrected chi connectivity index (χ0v) is 10.7. The molecule has 1 aliphatic heterocycles. The van der Waals surface area contributed by atoms with Crippen molar-refractivity contribution in [3.63, 3.8) is 0 Å². The number of amides is 1. The minimum Gasteiger partial charge on any atom is -0.324 e. The Kier molecular flexibility index (Phi) is 3.22. The van der Waals surface area contributed by atoms with Crippen LogP contribution in [0, 0.1) is 17.2 Å². The molecule has 19 heavy (non-hydrogen) atoms. The average molecular weight is 255 g/mol. The van der Waals surface area contributed by atoms with Crippen LogP contribution in [0.5, 0.6) is 0 Å². The Morgan fingerprint density at radius 1 is 1.37 bits per heavy atom. The van der Waals surface area contributed by atoms with Crippen LogP contribution in [0.3, 0.4) is 0 Å². The quantitative estimate of drug-likeness (QED) is 0.861. The van der Waals surface area contributed by atoms with E-state index in [4.69, 9.17) is 5.26 Å². The summed E-state index contributed by atoms with van der Waals surface area (Å²) in [6, 6.07) is 12.1. The second kappa shape index (κ2) is 5.02. The van der Waals surface area contributed by atoms with Crippen molar-refractivity contribution in [1.29, 1.82) is 5.26 Å². The summed E-state index contributed by atoms with van der Waals surface area (Å²) in [4.78, 5) is 14.2. The molecule has 0 aromatic heterocycles. The lowest BCUT2D eigenvalue weighted by Crippen LogP contribution is -2.53. The van der Waals surface area contributed by atoms with Crippen molar-refractivity contribution >= 4 is 5.91 Å². The van der Waals surface area contributed by atoms with E-state index in [-0.39, 0.29) is 17.9 Å². The van der Waals surface area contributed by atoms with Gasteiger partial charge in [-0.1, -0.05) is 30.3 Å². The summed E-state index contributed by atoms with van der Waals surface area (Å²) in [5, 5.41) is 12.3. The van der Waals surface area contributed by atoms with Gasteiger partial charge in [0.05, 0.1) is 6.07 Å². The summed E-state index contributed by atoms with van der Waals surface area (Å²) in [7, 11) is 0. The highest BCUT2D eigenvalue weighted by atomic mass is 16.2. The van der Waals surface area contributed by atoms with Gasteiger partial charge in [-0.25, -0.2) is 0 Å². The van der Waals surface area contributed by atoms with Gasteiger partial charge >= 0.3 is 0 Å². The molecule has 0 spiro atoms. The minimum atomic E-state index is -0.307. The summed E-state index contributed by atoms with van der Waals surface area (Å²) in [6.45, 7) is 2.02. The van der Waals surface area contributed by atoms with Gasteiger partial charge < -0.3 is 10.2 Å². The molecule has 98 valence electrons. The minimum absolute atomic E-state index is 0.0800. The van der Waals surface area contributed by atoms with E-state index in [9.17, 15) is 4.79 Å². The molecule has 3 atom stereocenters. The number of nitrogens with zero attached hydrogens (tertiary/aromatic N) is 2. The standard InChI is InChI=1S/C15H17N3O/c16-9-12-10-17-6-7-18(12)15(19)14-8-13(14)11-4-2-1-3-5-11/h1-5,12-14,17H,6-8,10H2. The molecule has 1 amide bonds. The first-order valence-electron chi connectivity index (χ1n) is 6.77. The summed E-state index contributed by atoms with van der Waals surface area (Å²) in [5.41, 5.74) is 1.24. The van der Waals surface area contributed by atoms with E-state index in [1.54, 1.807) is 4.90 Å². The maximum atomic E-state index is 12.5. The molecule has 1 aromatic rings. The lowest BCUT2D eigenvalue weighted by molar-refractivity contribution is -0.134. The molecule has 0 radical (unpaired) electrons. The summed E-state index contributed by atoms with van der Waals surface area (Å²) < 4.78 is 0. The number of hydrogen-bond donors (Lipinski definition) is 1. The van der Waals surface area contributed by atoms with Crippen LogP contribution in [0.1, 0.15) is 17.9 Å². The van der Waals surface area contributed by atoms with E-state index in [1.165, 1.54) is 5.56 Å². The third-order valence-corrected chi connectivity index (χ3v) is 4.01. The Bertz CT molecular complexity index is 508. The largest absolute Gasteiger partial charge is 0.324 e. The van der Waals surface area contributed by atoms with Crippen LogP contribution in [0.15, 0.2) is 30.3 Å². The Morgan fingerprint density at radius 3 is 2.89 bits per heavy atom. The van der Waals surface area contributed by atoms with Crippen LogP contribution >= 0.6 is 0 Å². The summed E-state index contributed by atoms with van der Waals surface area (Å²) in [5.74, 6) is 0.584. The predicted molar refractivity (Wildman–Crippen MR) is 71.3 cm³/mol. The van der Waals surface area contributed by atoms with Gasteiger partial charge in [-0.05, 0) is 17.9 Å². The van der Waals surface area contributed by atoms with Crippen molar-refractivity contribution in [3.05, 3.63) is 35.9 Å². The predicted octanol–water partition coefficient (Wildman–Crippen LogP) is 1.11. The molecule has 0 bridgehead atoms. The summed E-state index contributed by atoms with van der Waals surface area (Å²) in [6.07, 6.45) is 0.922. The van der Waals surface area contributed by atoms with E-state index < -0.39 is 0 Å². The lowest BCUT2D eigenvalue weighted by atomic mass is 10.1. The number of nitrogens with one attached hydrogen (secondary N) is 1. The molecular formula is C15H17N3O. The van der Waals surface area contributed by atoms with E-state index in [2.05, 4.69) is 23.5 Å². The van der Waals surface area contributed by atoms with Crippen LogP contribution in [0.4, 0.5) is 0 Å². The molecule has 4 nitrogen and oxygen atoms in total. The maximum Gasteiger partial charge on any atom is 0.227 e. The van der Waals surface area contributed by atoms with Crippen molar-refractivity contribution < 1.29 is 4.79 Å². The summed E-state index contributed by atoms with van der Waals surface area (Å²) >= 11 is 0. The fourth-order valence-electron chi connectivity index (χ4n) is 2.83. The molecule has 1 aliphatic carbocycles. The van der Waals surface area contributed by atoms with Gasteiger partial charge in [0.1, 0.15) is 6.04 Å². The molecule has 1 heterocycles. The van der Waals surface area contributed by atoms with E-state index in [1.807, 2.05) is 18.2 Å². The van der Waals surface area contributed by atoms with Crippen LogP contribution in [-0.2, 0) is 4.79 Å². The molecule has 3 unspecified atom stereocenters. The van der Waals surface area contributed by atoms with Gasteiger partial charge in [-0.15, -0.1) is 0 Å². The SMILES string of the molecule is N#CC1CNCCN1C(=O)C1CC1c1ccccc1. The topological polar surface area (TPSA) is 56.1 Å². The first-order chi connectivity index (χ1) is 9.31. The third kappa shape index (κ3) is 2.34. The molecular weight excluding hydrogens is 238 g/mol. The number of piperazine rings is 1. The fraction of sp³-hybridized carbons (Fsp3) is 0.467. The number of hydrogen-bond acceptors (Lipinski definition) is 3. The monoisotopic (exact) mass is 255 g/mol. The van der Waals surface area contributed by atoms with Crippen LogP contribution < -0.4 is 5.32 Å². The number of rotatable bonds is 2. The van der Waals surface area contributed by atoms with Gasteiger partial charge in [-0.3, -0.25) is 4.79 Å². The van der Waals surface area contributed by atoms with Crippen molar-refractivity contribution in [2.45, 2.75) is 18.4 Å². The molecule has 3 rings (SSSR count). The van der Waals surface area contributed by atoms with Gasteiger partial charge in [0, 0.05) is 25.6 Å². The van der Waals surface area contributed by atoms with Gasteiger partial charge in [0.15, 0.2) is 0 Å². The zero-order chi connectivity index (χ0) is 13.2. The van der Waals surface area contributed by atoms with Crippen molar-refractivity contribution in [2.75, 3.05) is 19.6 Å². The van der Waals surface area contributed by atoms with Crippen molar-refractivity contribution in [2.24, 2.45) is 5.92 Å². The maximum absolute atomic E-state index is 12.5. The molecule has 1 N–H and O–H groups in total. The Labute approximate surface area is 113 Å². The highest BCUT2D eigenvalue weighted by Gasteiger charge is 2.47. The second-order valence-electron chi connectivity index (χ2n) is 5.24. The Hall–Kier alpha value is -1.86. The fourth-order valence-corrected chi connectivity index (χ4v) is 2.83. The molecule has 2 fully saturated rings.